The van der Waals surface area contributed by atoms with Crippen LogP contribution >= 0.6 is 0 Å². The molecular weight excluding hydrogens is 500 g/mol. The third-order valence-electron chi connectivity index (χ3n) is 7.76. The summed E-state index contributed by atoms with van der Waals surface area (Å²) in [5, 5.41) is 0. The first kappa shape index (κ1) is 30.2. The molecule has 3 aromatic heterocycles. The second-order valence-electron chi connectivity index (χ2n) is 11.3. The maximum Gasteiger partial charge on any atom is 0.169 e. The summed E-state index contributed by atoms with van der Waals surface area (Å²) >= 11 is 0. The Bertz CT molecular complexity index is 1310. The highest BCUT2D eigenvalue weighted by Crippen LogP contribution is 2.16. The molecule has 1 aromatic carbocycles. The number of nitrogens with zero attached hydrogens (tertiary/aromatic N) is 4. The summed E-state index contributed by atoms with van der Waals surface area (Å²) in [4.78, 5) is 2.12. The monoisotopic (exact) mass is 549 g/mol. The molecule has 0 spiro atoms. The average molecular weight is 550 g/mol. The number of anilines is 1. The maximum absolute atomic E-state index is 2.32. The van der Waals surface area contributed by atoms with Crippen molar-refractivity contribution in [1.82, 2.24) is 0 Å². The summed E-state index contributed by atoms with van der Waals surface area (Å²) < 4.78 is 6.92. The Labute approximate surface area is 248 Å². The van der Waals surface area contributed by atoms with E-state index in [0.717, 1.165) is 19.6 Å². The fraction of sp³-hybridized carbons (Fsp3) is 0.378. The van der Waals surface area contributed by atoms with Gasteiger partial charge >= 0.3 is 0 Å². The summed E-state index contributed by atoms with van der Waals surface area (Å²) in [6.45, 7) is 5.54. The van der Waals surface area contributed by atoms with E-state index in [-0.39, 0.29) is 0 Å². The highest BCUT2D eigenvalue weighted by molar-refractivity contribution is 5.70. The summed E-state index contributed by atoms with van der Waals surface area (Å²) in [7, 11) is 4.14. The van der Waals surface area contributed by atoms with Crippen LogP contribution in [0.2, 0.25) is 0 Å². The van der Waals surface area contributed by atoms with Crippen LogP contribution in [0.1, 0.15) is 69.4 Å². The number of rotatable bonds is 16. The first-order valence-corrected chi connectivity index (χ1v) is 15.5. The molecule has 0 atom stereocenters. The zero-order chi connectivity index (χ0) is 28.7. The lowest BCUT2D eigenvalue weighted by molar-refractivity contribution is -0.698. The van der Waals surface area contributed by atoms with E-state index in [1.165, 1.54) is 79.3 Å². The van der Waals surface area contributed by atoms with E-state index in [2.05, 4.69) is 150 Å². The van der Waals surface area contributed by atoms with Crippen LogP contribution in [0.5, 0.6) is 0 Å². The van der Waals surface area contributed by atoms with E-state index in [1.807, 2.05) is 0 Å². The van der Waals surface area contributed by atoms with Crippen LogP contribution in [0.25, 0.3) is 23.3 Å². The van der Waals surface area contributed by atoms with Crippen LogP contribution in [0.3, 0.4) is 0 Å². The number of hydrogen-bond acceptors (Lipinski definition) is 1. The molecule has 0 bridgehead atoms. The molecule has 4 rings (SSSR count). The summed E-state index contributed by atoms with van der Waals surface area (Å²) in [5.74, 6) is 0. The van der Waals surface area contributed by atoms with Crippen molar-refractivity contribution in [1.29, 1.82) is 0 Å². The number of benzene rings is 1. The number of hydrogen-bond donors (Lipinski definition) is 0. The normalized spacial score (nSPS) is 11.3. The molecule has 3 heterocycles. The largest absolute Gasteiger partial charge is 0.378 e. The van der Waals surface area contributed by atoms with Gasteiger partial charge in [-0.25, -0.2) is 13.7 Å². The van der Waals surface area contributed by atoms with Crippen molar-refractivity contribution in [2.45, 2.75) is 77.9 Å². The molecule has 0 unspecified atom stereocenters. The van der Waals surface area contributed by atoms with E-state index < -0.39 is 0 Å². The zero-order valence-corrected chi connectivity index (χ0v) is 25.5. The standard InChI is InChI=1S/C37H49N4/c1-4-5-6-9-24-40-29-20-35(21-30-40)36-22-31-41(32-23-36)26-11-8-7-10-25-39-27-18-34(19-28-39)13-12-33-14-16-37(17-15-33)38(2)3/h12-23,27-32H,4-11,24-26H2,1-3H3/q+3. The van der Waals surface area contributed by atoms with Crippen molar-refractivity contribution in [3.05, 3.63) is 109 Å². The fourth-order valence-corrected chi connectivity index (χ4v) is 5.07. The first-order valence-electron chi connectivity index (χ1n) is 15.5. The van der Waals surface area contributed by atoms with E-state index in [1.54, 1.807) is 0 Å². The van der Waals surface area contributed by atoms with Crippen LogP contribution in [-0.4, -0.2) is 14.1 Å². The second-order valence-corrected chi connectivity index (χ2v) is 11.3. The lowest BCUT2D eigenvalue weighted by Crippen LogP contribution is -2.33. The third-order valence-corrected chi connectivity index (χ3v) is 7.76. The van der Waals surface area contributed by atoms with Gasteiger partial charge in [0.05, 0.1) is 0 Å². The van der Waals surface area contributed by atoms with Gasteiger partial charge in [-0.2, -0.15) is 0 Å². The molecule has 0 aliphatic carbocycles. The Kier molecular flexibility index (Phi) is 12.1. The van der Waals surface area contributed by atoms with E-state index in [4.69, 9.17) is 0 Å². The van der Waals surface area contributed by atoms with Gasteiger partial charge in [0.25, 0.3) is 0 Å². The minimum atomic E-state index is 1.08. The zero-order valence-electron chi connectivity index (χ0n) is 25.5. The summed E-state index contributed by atoms with van der Waals surface area (Å²) in [5.41, 5.74) is 6.25. The Morgan fingerprint density at radius 2 is 0.878 bits per heavy atom. The van der Waals surface area contributed by atoms with Gasteiger partial charge < -0.3 is 4.90 Å². The molecule has 41 heavy (non-hydrogen) atoms. The van der Waals surface area contributed by atoms with E-state index in [0.29, 0.717) is 0 Å². The molecule has 0 N–H and O–H groups in total. The molecular formula is C37H49N4+3. The first-order chi connectivity index (χ1) is 20.1. The van der Waals surface area contributed by atoms with Crippen LogP contribution in [-0.2, 0) is 19.6 Å². The highest BCUT2D eigenvalue weighted by Gasteiger charge is 2.07. The van der Waals surface area contributed by atoms with Crippen LogP contribution in [0.4, 0.5) is 5.69 Å². The number of unbranched alkanes of at least 4 members (excludes halogenated alkanes) is 6. The molecule has 4 aromatic rings. The minimum absolute atomic E-state index is 1.08. The van der Waals surface area contributed by atoms with E-state index >= 15 is 0 Å². The molecule has 0 saturated carbocycles. The lowest BCUT2D eigenvalue weighted by Gasteiger charge is -2.11. The van der Waals surface area contributed by atoms with Crippen molar-refractivity contribution in [3.63, 3.8) is 0 Å². The lowest BCUT2D eigenvalue weighted by atomic mass is 10.1. The molecule has 4 nitrogen and oxygen atoms in total. The fourth-order valence-electron chi connectivity index (χ4n) is 5.07. The molecule has 0 aliphatic heterocycles. The molecule has 0 saturated heterocycles. The van der Waals surface area contributed by atoms with Gasteiger partial charge in [0.15, 0.2) is 37.2 Å². The number of aromatic nitrogens is 3. The average Bonchev–Trinajstić information content (AvgIpc) is 3.01. The van der Waals surface area contributed by atoms with Gasteiger partial charge in [-0.15, -0.1) is 0 Å². The smallest absolute Gasteiger partial charge is 0.169 e. The number of pyridine rings is 3. The quantitative estimate of drug-likeness (QED) is 0.106. The highest BCUT2D eigenvalue weighted by atomic mass is 15.1. The van der Waals surface area contributed by atoms with Gasteiger partial charge in [-0.1, -0.05) is 44.1 Å². The van der Waals surface area contributed by atoms with Crippen molar-refractivity contribution in [2.75, 3.05) is 19.0 Å². The predicted molar refractivity (Wildman–Crippen MR) is 171 cm³/mol. The number of aryl methyl sites for hydroxylation is 3. The van der Waals surface area contributed by atoms with Crippen LogP contribution in [0, 0.1) is 0 Å². The summed E-state index contributed by atoms with van der Waals surface area (Å²) in [6, 6.07) is 22.0. The molecule has 0 fully saturated rings. The minimum Gasteiger partial charge on any atom is -0.378 e. The summed E-state index contributed by atoms with van der Waals surface area (Å²) in [6.07, 6.45) is 27.8. The molecule has 0 aliphatic rings. The maximum atomic E-state index is 2.32. The molecule has 0 amide bonds. The van der Waals surface area contributed by atoms with Crippen molar-refractivity contribution in [3.8, 4) is 11.1 Å². The van der Waals surface area contributed by atoms with Gasteiger partial charge in [0.2, 0.25) is 0 Å². The molecule has 0 radical (unpaired) electrons. The molecule has 214 valence electrons. The van der Waals surface area contributed by atoms with Crippen LogP contribution < -0.4 is 18.6 Å². The van der Waals surface area contributed by atoms with Crippen molar-refractivity contribution >= 4 is 17.8 Å². The Balaban J connectivity index is 1.11. The van der Waals surface area contributed by atoms with Crippen molar-refractivity contribution < 1.29 is 13.7 Å². The Hall–Kier alpha value is -3.79. The van der Waals surface area contributed by atoms with Gasteiger partial charge in [-0.3, -0.25) is 0 Å². The Morgan fingerprint density at radius 1 is 0.488 bits per heavy atom. The molecule has 4 heteroatoms. The Morgan fingerprint density at radius 3 is 1.29 bits per heavy atom. The van der Waals surface area contributed by atoms with E-state index in [9.17, 15) is 0 Å². The third kappa shape index (κ3) is 10.3. The SMILES string of the molecule is CCCCCC[n+]1ccc(-c2cc[n+](CCCCCC[n+]3ccc(/C=C/c4ccc(N(C)C)cc4)cc3)cc2)cc1. The van der Waals surface area contributed by atoms with Gasteiger partial charge in [0, 0.05) is 75.4 Å². The topological polar surface area (TPSA) is 14.9 Å². The second kappa shape index (κ2) is 16.5. The van der Waals surface area contributed by atoms with Gasteiger partial charge in [0.1, 0.15) is 19.6 Å². The van der Waals surface area contributed by atoms with Crippen LogP contribution in [0.15, 0.2) is 97.8 Å². The van der Waals surface area contributed by atoms with Gasteiger partial charge in [-0.05, 0) is 53.6 Å². The van der Waals surface area contributed by atoms with Crippen molar-refractivity contribution in [2.24, 2.45) is 0 Å². The predicted octanol–water partition coefficient (Wildman–Crippen LogP) is 7.29.